The molecule has 0 spiro atoms. The molecule has 0 fully saturated rings. The highest BCUT2D eigenvalue weighted by atomic mass is 127. The predicted molar refractivity (Wildman–Crippen MR) is 115 cm³/mol. The van der Waals surface area contributed by atoms with Gasteiger partial charge in [0.1, 0.15) is 0 Å². The lowest BCUT2D eigenvalue weighted by atomic mass is 10.1. The highest BCUT2D eigenvalue weighted by Gasteiger charge is 2.15. The fourth-order valence-corrected chi connectivity index (χ4v) is 4.48. The first-order chi connectivity index (χ1) is 13.2. The SMILES string of the molecule is CCS(=O)(=O)c1ccc(-c2ccc(NS(=O)(=O)c3ccc(I)cc3)cc2)nn1. The molecule has 0 radical (unpaired) electrons. The number of anilines is 1. The van der Waals surface area contributed by atoms with Gasteiger partial charge in [0.05, 0.1) is 16.3 Å². The number of nitrogens with one attached hydrogen (secondary N) is 1. The number of hydrogen-bond donors (Lipinski definition) is 1. The second kappa shape index (κ2) is 8.13. The average molecular weight is 529 g/mol. The van der Waals surface area contributed by atoms with Crippen LogP contribution in [0.25, 0.3) is 11.3 Å². The molecule has 0 unspecified atom stereocenters. The third kappa shape index (κ3) is 4.67. The normalized spacial score (nSPS) is 11.9. The summed E-state index contributed by atoms with van der Waals surface area (Å²) in [6.07, 6.45) is 0. The van der Waals surface area contributed by atoms with Gasteiger partial charge in [0, 0.05) is 14.8 Å². The molecule has 0 aliphatic rings. The average Bonchev–Trinajstić information content (AvgIpc) is 2.69. The van der Waals surface area contributed by atoms with Crippen molar-refractivity contribution in [3.8, 4) is 11.3 Å². The van der Waals surface area contributed by atoms with Crippen LogP contribution in [0.4, 0.5) is 5.69 Å². The van der Waals surface area contributed by atoms with Crippen molar-refractivity contribution in [3.63, 3.8) is 0 Å². The van der Waals surface area contributed by atoms with Crippen molar-refractivity contribution in [3.05, 3.63) is 64.2 Å². The third-order valence-corrected chi connectivity index (χ3v) is 7.63. The first-order valence-electron chi connectivity index (χ1n) is 8.16. The van der Waals surface area contributed by atoms with E-state index in [4.69, 9.17) is 0 Å². The molecule has 10 heteroatoms. The minimum absolute atomic E-state index is 0.0452. The topological polar surface area (TPSA) is 106 Å². The first kappa shape index (κ1) is 20.7. The molecular weight excluding hydrogens is 513 g/mol. The van der Waals surface area contributed by atoms with Crippen LogP contribution in [0, 0.1) is 3.57 Å². The van der Waals surface area contributed by atoms with E-state index in [0.717, 1.165) is 3.57 Å². The number of sulfone groups is 1. The Bertz CT molecular complexity index is 1180. The quantitative estimate of drug-likeness (QED) is 0.491. The molecule has 1 heterocycles. The maximum Gasteiger partial charge on any atom is 0.261 e. The van der Waals surface area contributed by atoms with Crippen molar-refractivity contribution < 1.29 is 16.8 Å². The lowest BCUT2D eigenvalue weighted by Crippen LogP contribution is -2.12. The molecular formula is C18H16IN3O4S2. The second-order valence-corrected chi connectivity index (χ2v) is 11.0. The maximum atomic E-state index is 12.4. The molecule has 0 amide bonds. The maximum absolute atomic E-state index is 12.4. The smallest absolute Gasteiger partial charge is 0.261 e. The standard InChI is InChI=1S/C18H16IN3O4S2/c1-2-27(23,24)18-12-11-17(20-21-18)13-3-7-15(8-4-13)22-28(25,26)16-9-5-14(19)6-10-16/h3-12,22H,2H2,1H3. The van der Waals surface area contributed by atoms with Gasteiger partial charge in [-0.3, -0.25) is 4.72 Å². The zero-order valence-corrected chi connectivity index (χ0v) is 18.5. The summed E-state index contributed by atoms with van der Waals surface area (Å²) in [6, 6.07) is 16.1. The van der Waals surface area contributed by atoms with Crippen LogP contribution in [0.5, 0.6) is 0 Å². The Labute approximate surface area is 177 Å². The summed E-state index contributed by atoms with van der Waals surface area (Å²) in [6.45, 7) is 1.54. The van der Waals surface area contributed by atoms with Gasteiger partial charge in [0.15, 0.2) is 14.9 Å². The number of halogens is 1. The molecule has 0 atom stereocenters. The summed E-state index contributed by atoms with van der Waals surface area (Å²) >= 11 is 2.11. The fourth-order valence-electron chi connectivity index (χ4n) is 2.32. The van der Waals surface area contributed by atoms with Crippen LogP contribution in [-0.4, -0.2) is 32.8 Å². The van der Waals surface area contributed by atoms with Crippen molar-refractivity contribution in [2.45, 2.75) is 16.8 Å². The summed E-state index contributed by atoms with van der Waals surface area (Å²) < 4.78 is 51.9. The molecule has 2 aromatic carbocycles. The Balaban J connectivity index is 1.79. The Morgan fingerprint density at radius 3 is 2.04 bits per heavy atom. The highest BCUT2D eigenvalue weighted by Crippen LogP contribution is 2.22. The van der Waals surface area contributed by atoms with Crippen molar-refractivity contribution in [2.75, 3.05) is 10.5 Å². The van der Waals surface area contributed by atoms with E-state index in [9.17, 15) is 16.8 Å². The predicted octanol–water partition coefficient (Wildman–Crippen LogP) is 3.34. The number of sulfonamides is 1. The third-order valence-electron chi connectivity index (χ3n) is 3.90. The number of hydrogen-bond acceptors (Lipinski definition) is 6. The van der Waals surface area contributed by atoms with Gasteiger partial charge in [-0.2, -0.15) is 0 Å². The van der Waals surface area contributed by atoms with Crippen molar-refractivity contribution in [1.82, 2.24) is 10.2 Å². The monoisotopic (exact) mass is 529 g/mol. The molecule has 0 aliphatic heterocycles. The van der Waals surface area contributed by atoms with E-state index in [-0.39, 0.29) is 15.7 Å². The van der Waals surface area contributed by atoms with E-state index in [2.05, 4.69) is 37.5 Å². The minimum Gasteiger partial charge on any atom is -0.280 e. The summed E-state index contributed by atoms with van der Waals surface area (Å²) in [4.78, 5) is 0.176. The molecule has 1 aromatic heterocycles. The first-order valence-corrected chi connectivity index (χ1v) is 12.4. The van der Waals surface area contributed by atoms with Gasteiger partial charge in [-0.05, 0) is 71.1 Å². The van der Waals surface area contributed by atoms with Crippen LogP contribution in [-0.2, 0) is 19.9 Å². The molecule has 3 rings (SSSR count). The second-order valence-electron chi connectivity index (χ2n) is 5.80. The summed E-state index contributed by atoms with van der Waals surface area (Å²) in [7, 11) is -7.08. The molecule has 0 bridgehead atoms. The fraction of sp³-hybridized carbons (Fsp3) is 0.111. The summed E-state index contributed by atoms with van der Waals surface area (Å²) in [5.41, 5.74) is 1.58. The Hall–Kier alpha value is -2.05. The molecule has 7 nitrogen and oxygen atoms in total. The largest absolute Gasteiger partial charge is 0.280 e. The molecule has 0 aliphatic carbocycles. The lowest BCUT2D eigenvalue weighted by molar-refractivity contribution is 0.591. The number of nitrogens with zero attached hydrogens (tertiary/aromatic N) is 2. The van der Waals surface area contributed by atoms with Crippen LogP contribution in [0.2, 0.25) is 0 Å². The molecule has 28 heavy (non-hydrogen) atoms. The molecule has 1 N–H and O–H groups in total. The number of benzene rings is 2. The zero-order chi connectivity index (χ0) is 20.4. The highest BCUT2D eigenvalue weighted by molar-refractivity contribution is 14.1. The van der Waals surface area contributed by atoms with E-state index in [1.165, 1.54) is 6.07 Å². The van der Waals surface area contributed by atoms with E-state index in [1.54, 1.807) is 61.5 Å². The van der Waals surface area contributed by atoms with Crippen LogP contribution in [0.1, 0.15) is 6.92 Å². The van der Waals surface area contributed by atoms with Gasteiger partial charge in [-0.15, -0.1) is 10.2 Å². The summed E-state index contributed by atoms with van der Waals surface area (Å²) in [5.74, 6) is -0.0452. The van der Waals surface area contributed by atoms with E-state index >= 15 is 0 Å². The zero-order valence-electron chi connectivity index (χ0n) is 14.7. The number of aromatic nitrogens is 2. The number of rotatable bonds is 6. The van der Waals surface area contributed by atoms with Gasteiger partial charge in [0.25, 0.3) is 10.0 Å². The molecule has 0 saturated heterocycles. The van der Waals surface area contributed by atoms with Gasteiger partial charge in [0.2, 0.25) is 0 Å². The molecule has 3 aromatic rings. The van der Waals surface area contributed by atoms with Crippen LogP contribution in [0.3, 0.4) is 0 Å². The van der Waals surface area contributed by atoms with Gasteiger partial charge >= 0.3 is 0 Å². The Morgan fingerprint density at radius 1 is 0.857 bits per heavy atom. The Morgan fingerprint density at radius 2 is 1.50 bits per heavy atom. The van der Waals surface area contributed by atoms with Gasteiger partial charge in [-0.25, -0.2) is 16.8 Å². The lowest BCUT2D eigenvalue weighted by Gasteiger charge is -2.09. The van der Waals surface area contributed by atoms with Crippen LogP contribution >= 0.6 is 22.6 Å². The van der Waals surface area contributed by atoms with Crippen molar-refractivity contribution in [1.29, 1.82) is 0 Å². The van der Waals surface area contributed by atoms with E-state index in [1.807, 2.05) is 0 Å². The molecule has 0 saturated carbocycles. The Kier molecular flexibility index (Phi) is 6.01. The van der Waals surface area contributed by atoms with Gasteiger partial charge < -0.3 is 0 Å². The van der Waals surface area contributed by atoms with Crippen LogP contribution < -0.4 is 4.72 Å². The summed E-state index contributed by atoms with van der Waals surface area (Å²) in [5, 5.41) is 7.66. The van der Waals surface area contributed by atoms with Crippen LogP contribution in [0.15, 0.2) is 70.6 Å². The van der Waals surface area contributed by atoms with Gasteiger partial charge in [-0.1, -0.05) is 19.1 Å². The van der Waals surface area contributed by atoms with E-state index < -0.39 is 19.9 Å². The van der Waals surface area contributed by atoms with E-state index in [0.29, 0.717) is 16.9 Å². The molecule has 146 valence electrons. The van der Waals surface area contributed by atoms with Crippen molar-refractivity contribution >= 4 is 48.1 Å². The van der Waals surface area contributed by atoms with Crippen molar-refractivity contribution in [2.24, 2.45) is 0 Å². The minimum atomic E-state index is -3.68.